The Kier molecular flexibility index (Phi) is 5.57. The first-order chi connectivity index (χ1) is 10.5. The standard InChI is InChI=1S/C16H23NO5/c1-11-5-2-3-6-12(9-14(18)19)15(20)17-8-4-7-13(17)10-22-16(11)21/h2-3,11-13H,4-10H2,1H3,(H,18,19)/b3-2-/t11-,12-,13-/m0/s1. The average Bonchev–Trinajstić information content (AvgIpc) is 2.93. The predicted molar refractivity (Wildman–Crippen MR) is 79.0 cm³/mol. The molecule has 1 amide bonds. The maximum absolute atomic E-state index is 12.6. The molecule has 2 rings (SSSR count). The van der Waals surface area contributed by atoms with Crippen LogP contribution in [0.5, 0.6) is 0 Å². The number of cyclic esters (lactones) is 1. The molecule has 0 aliphatic carbocycles. The van der Waals surface area contributed by atoms with Crippen molar-refractivity contribution >= 4 is 17.8 Å². The van der Waals surface area contributed by atoms with Gasteiger partial charge in [0.1, 0.15) is 6.61 Å². The van der Waals surface area contributed by atoms with Gasteiger partial charge in [0.15, 0.2) is 0 Å². The largest absolute Gasteiger partial charge is 0.481 e. The number of hydrogen-bond acceptors (Lipinski definition) is 4. The summed E-state index contributed by atoms with van der Waals surface area (Å²) < 4.78 is 5.32. The number of rotatable bonds is 2. The van der Waals surface area contributed by atoms with E-state index in [-0.39, 0.29) is 36.9 Å². The van der Waals surface area contributed by atoms with E-state index in [2.05, 4.69) is 0 Å². The van der Waals surface area contributed by atoms with Gasteiger partial charge in [-0.05, 0) is 25.7 Å². The van der Waals surface area contributed by atoms with E-state index in [9.17, 15) is 14.4 Å². The van der Waals surface area contributed by atoms with E-state index < -0.39 is 11.9 Å². The minimum atomic E-state index is -0.964. The summed E-state index contributed by atoms with van der Waals surface area (Å²) in [4.78, 5) is 37.2. The number of carbonyl (C=O) groups excluding carboxylic acids is 2. The highest BCUT2D eigenvalue weighted by molar-refractivity contribution is 5.84. The lowest BCUT2D eigenvalue weighted by molar-refractivity contribution is -0.152. The lowest BCUT2D eigenvalue weighted by Gasteiger charge is -2.28. The fraction of sp³-hybridized carbons (Fsp3) is 0.688. The number of fused-ring (bicyclic) bond motifs is 1. The zero-order valence-corrected chi connectivity index (χ0v) is 12.9. The number of allylic oxidation sites excluding steroid dienone is 2. The van der Waals surface area contributed by atoms with Gasteiger partial charge in [-0.3, -0.25) is 14.4 Å². The fourth-order valence-corrected chi connectivity index (χ4v) is 2.99. The third kappa shape index (κ3) is 4.08. The van der Waals surface area contributed by atoms with E-state index in [4.69, 9.17) is 9.84 Å². The molecule has 0 spiro atoms. The Hall–Kier alpha value is -1.85. The van der Waals surface area contributed by atoms with Crippen LogP contribution in [0.4, 0.5) is 0 Å². The molecular weight excluding hydrogens is 286 g/mol. The summed E-state index contributed by atoms with van der Waals surface area (Å²) in [5, 5.41) is 9.03. The lowest BCUT2D eigenvalue weighted by Crippen LogP contribution is -2.43. The highest BCUT2D eigenvalue weighted by Crippen LogP contribution is 2.24. The first kappa shape index (κ1) is 16.5. The molecule has 2 aliphatic heterocycles. The van der Waals surface area contributed by atoms with Gasteiger partial charge in [-0.15, -0.1) is 0 Å². The summed E-state index contributed by atoms with van der Waals surface area (Å²) in [6, 6.07) is -0.122. The van der Waals surface area contributed by atoms with Crippen LogP contribution in [0, 0.1) is 11.8 Å². The van der Waals surface area contributed by atoms with Crippen molar-refractivity contribution in [1.29, 1.82) is 0 Å². The Bertz CT molecular complexity index is 473. The van der Waals surface area contributed by atoms with Gasteiger partial charge >= 0.3 is 11.9 Å². The molecule has 2 aliphatic rings. The fourth-order valence-electron chi connectivity index (χ4n) is 2.99. The lowest BCUT2D eigenvalue weighted by atomic mass is 9.97. The molecule has 1 N–H and O–H groups in total. The van der Waals surface area contributed by atoms with Crippen LogP contribution in [0.25, 0.3) is 0 Å². The van der Waals surface area contributed by atoms with Crippen molar-refractivity contribution in [2.24, 2.45) is 11.8 Å². The van der Waals surface area contributed by atoms with Gasteiger partial charge in [-0.25, -0.2) is 0 Å². The molecule has 6 nitrogen and oxygen atoms in total. The van der Waals surface area contributed by atoms with Gasteiger partial charge in [0, 0.05) is 6.54 Å². The molecule has 2 heterocycles. The molecule has 22 heavy (non-hydrogen) atoms. The smallest absolute Gasteiger partial charge is 0.309 e. The molecule has 6 heteroatoms. The molecule has 1 saturated heterocycles. The summed E-state index contributed by atoms with van der Waals surface area (Å²) in [5.41, 5.74) is 0. The van der Waals surface area contributed by atoms with E-state index in [1.165, 1.54) is 0 Å². The van der Waals surface area contributed by atoms with E-state index in [0.29, 0.717) is 19.4 Å². The van der Waals surface area contributed by atoms with Gasteiger partial charge in [0.25, 0.3) is 0 Å². The quantitative estimate of drug-likeness (QED) is 0.618. The van der Waals surface area contributed by atoms with Crippen LogP contribution in [0.3, 0.4) is 0 Å². The van der Waals surface area contributed by atoms with Crippen LogP contribution in [-0.4, -0.2) is 47.0 Å². The van der Waals surface area contributed by atoms with Crippen molar-refractivity contribution in [3.05, 3.63) is 12.2 Å². The zero-order valence-electron chi connectivity index (χ0n) is 12.9. The summed E-state index contributed by atoms with van der Waals surface area (Å²) in [5.74, 6) is -2.11. The number of carboxylic acid groups (broad SMARTS) is 1. The van der Waals surface area contributed by atoms with Gasteiger partial charge in [-0.1, -0.05) is 19.1 Å². The Labute approximate surface area is 130 Å². The van der Waals surface area contributed by atoms with Gasteiger partial charge < -0.3 is 14.7 Å². The number of aliphatic carboxylic acids is 1. The first-order valence-electron chi connectivity index (χ1n) is 7.83. The Balaban J connectivity index is 2.18. The molecule has 0 saturated carbocycles. The van der Waals surface area contributed by atoms with Crippen molar-refractivity contribution in [2.75, 3.05) is 13.2 Å². The Morgan fingerprint density at radius 1 is 1.36 bits per heavy atom. The number of amides is 1. The molecule has 0 unspecified atom stereocenters. The summed E-state index contributed by atoms with van der Waals surface area (Å²) in [7, 11) is 0. The summed E-state index contributed by atoms with van der Waals surface area (Å²) in [6.07, 6.45) is 6.07. The summed E-state index contributed by atoms with van der Waals surface area (Å²) in [6.45, 7) is 2.62. The van der Waals surface area contributed by atoms with E-state index in [1.54, 1.807) is 4.90 Å². The second-order valence-electron chi connectivity index (χ2n) is 6.10. The SMILES string of the molecule is C[C@H]1C/C=C\C[C@@H](CC(=O)O)C(=O)N2CCC[C@H]2COC1=O. The van der Waals surface area contributed by atoms with Gasteiger partial charge in [-0.2, -0.15) is 0 Å². The van der Waals surface area contributed by atoms with E-state index in [0.717, 1.165) is 12.8 Å². The van der Waals surface area contributed by atoms with Gasteiger partial charge in [0.05, 0.1) is 24.3 Å². The minimum Gasteiger partial charge on any atom is -0.481 e. The average molecular weight is 309 g/mol. The highest BCUT2D eigenvalue weighted by atomic mass is 16.5. The molecule has 0 aromatic heterocycles. The normalized spacial score (nSPS) is 31.7. The van der Waals surface area contributed by atoms with Crippen LogP contribution in [0.1, 0.15) is 39.0 Å². The second kappa shape index (κ2) is 7.42. The molecule has 0 bridgehead atoms. The zero-order chi connectivity index (χ0) is 16.1. The monoisotopic (exact) mass is 309 g/mol. The van der Waals surface area contributed by atoms with Crippen LogP contribution in [-0.2, 0) is 19.1 Å². The van der Waals surface area contributed by atoms with Crippen molar-refractivity contribution < 1.29 is 24.2 Å². The maximum atomic E-state index is 12.6. The van der Waals surface area contributed by atoms with E-state index >= 15 is 0 Å². The Morgan fingerprint density at radius 2 is 2.09 bits per heavy atom. The highest BCUT2D eigenvalue weighted by Gasteiger charge is 2.34. The molecule has 0 radical (unpaired) electrons. The number of nitrogens with zero attached hydrogens (tertiary/aromatic N) is 1. The van der Waals surface area contributed by atoms with Crippen LogP contribution in [0.15, 0.2) is 12.2 Å². The van der Waals surface area contributed by atoms with Crippen molar-refractivity contribution in [2.45, 2.75) is 45.1 Å². The number of esters is 1. The van der Waals surface area contributed by atoms with Crippen molar-refractivity contribution in [3.8, 4) is 0 Å². The third-order valence-electron chi connectivity index (χ3n) is 4.33. The predicted octanol–water partition coefficient (Wildman–Crippen LogP) is 1.60. The molecule has 0 aromatic rings. The topological polar surface area (TPSA) is 83.9 Å². The number of carbonyl (C=O) groups is 3. The van der Waals surface area contributed by atoms with E-state index in [1.807, 2.05) is 19.1 Å². The molecule has 0 aromatic carbocycles. The Morgan fingerprint density at radius 3 is 2.82 bits per heavy atom. The van der Waals surface area contributed by atoms with Crippen LogP contribution < -0.4 is 0 Å². The number of hydrogen-bond donors (Lipinski definition) is 1. The first-order valence-corrected chi connectivity index (χ1v) is 7.83. The van der Waals surface area contributed by atoms with Crippen molar-refractivity contribution in [3.63, 3.8) is 0 Å². The number of carboxylic acids is 1. The van der Waals surface area contributed by atoms with Crippen molar-refractivity contribution in [1.82, 2.24) is 4.90 Å². The minimum absolute atomic E-state index is 0.122. The maximum Gasteiger partial charge on any atom is 0.309 e. The van der Waals surface area contributed by atoms with Gasteiger partial charge in [0.2, 0.25) is 5.91 Å². The second-order valence-corrected chi connectivity index (χ2v) is 6.10. The summed E-state index contributed by atoms with van der Waals surface area (Å²) >= 11 is 0. The number of ether oxygens (including phenoxy) is 1. The van der Waals surface area contributed by atoms with Crippen LogP contribution in [0.2, 0.25) is 0 Å². The van der Waals surface area contributed by atoms with Crippen LogP contribution >= 0.6 is 0 Å². The molecule has 122 valence electrons. The third-order valence-corrected chi connectivity index (χ3v) is 4.33. The molecular formula is C16H23NO5. The molecule has 1 fully saturated rings. The molecule has 3 atom stereocenters.